The quantitative estimate of drug-likeness (QED) is 0.767. The van der Waals surface area contributed by atoms with Crippen LogP contribution in [0.2, 0.25) is 0 Å². The molecule has 0 unspecified atom stereocenters. The Hall–Kier alpha value is -1.97. The topological polar surface area (TPSA) is 3.24 Å². The van der Waals surface area contributed by atoms with Crippen molar-refractivity contribution in [3.8, 4) is 0 Å². The summed E-state index contributed by atoms with van der Waals surface area (Å²) in [5, 5.41) is 0. The lowest BCUT2D eigenvalue weighted by Gasteiger charge is -2.20. The second-order valence-electron chi connectivity index (χ2n) is 5.06. The summed E-state index contributed by atoms with van der Waals surface area (Å²) >= 11 is 0. The lowest BCUT2D eigenvalue weighted by molar-refractivity contribution is -0.137. The summed E-state index contributed by atoms with van der Waals surface area (Å²) < 4.78 is 38.1. The third kappa shape index (κ3) is 4.52. The van der Waals surface area contributed by atoms with Gasteiger partial charge in [-0.3, -0.25) is 0 Å². The molecule has 0 N–H and O–H groups in total. The fourth-order valence-electron chi connectivity index (χ4n) is 2.21. The number of halogens is 3. The predicted molar refractivity (Wildman–Crippen MR) is 79.5 cm³/mol. The van der Waals surface area contributed by atoms with Crippen LogP contribution in [0.5, 0.6) is 0 Å². The number of hydrogen-bond acceptors (Lipinski definition) is 1. The van der Waals surface area contributed by atoms with Crippen LogP contribution in [0.4, 0.5) is 18.9 Å². The molecule has 0 aliphatic rings. The highest BCUT2D eigenvalue weighted by Gasteiger charge is 2.30. The summed E-state index contributed by atoms with van der Waals surface area (Å²) in [6.07, 6.45) is -2.47. The van der Waals surface area contributed by atoms with E-state index >= 15 is 0 Å². The van der Waals surface area contributed by atoms with Crippen LogP contribution in [-0.2, 0) is 12.6 Å². The number of aryl methyl sites for hydroxylation is 1. The van der Waals surface area contributed by atoms with E-state index in [1.54, 1.807) is 6.07 Å². The molecule has 0 fully saturated rings. The van der Waals surface area contributed by atoms with Gasteiger partial charge in [0.25, 0.3) is 0 Å². The largest absolute Gasteiger partial charge is 0.416 e. The zero-order valence-corrected chi connectivity index (χ0v) is 11.9. The summed E-state index contributed by atoms with van der Waals surface area (Å²) in [4.78, 5) is 1.86. The molecule has 0 spiro atoms. The van der Waals surface area contributed by atoms with Gasteiger partial charge in [-0.05, 0) is 36.6 Å². The molecular formula is C17H18F3N. The molecule has 0 aliphatic heterocycles. The Morgan fingerprint density at radius 1 is 0.952 bits per heavy atom. The molecule has 0 saturated carbocycles. The number of hydrogen-bond donors (Lipinski definition) is 0. The van der Waals surface area contributed by atoms with E-state index in [0.717, 1.165) is 25.5 Å². The first kappa shape index (κ1) is 15.4. The smallest absolute Gasteiger partial charge is 0.375 e. The van der Waals surface area contributed by atoms with E-state index in [-0.39, 0.29) is 0 Å². The van der Waals surface area contributed by atoms with Gasteiger partial charge in [-0.15, -0.1) is 0 Å². The van der Waals surface area contributed by atoms with Gasteiger partial charge in [-0.25, -0.2) is 0 Å². The minimum Gasteiger partial charge on any atom is -0.375 e. The molecule has 0 radical (unpaired) electrons. The second kappa shape index (κ2) is 6.66. The van der Waals surface area contributed by atoms with Crippen molar-refractivity contribution in [1.82, 2.24) is 0 Å². The average Bonchev–Trinajstić information content (AvgIpc) is 2.47. The molecular weight excluding hydrogens is 275 g/mol. The summed E-state index contributed by atoms with van der Waals surface area (Å²) in [5.41, 5.74) is 1.24. The minimum absolute atomic E-state index is 0.595. The van der Waals surface area contributed by atoms with Crippen molar-refractivity contribution in [2.45, 2.75) is 19.0 Å². The number of alkyl halides is 3. The van der Waals surface area contributed by atoms with Crippen LogP contribution < -0.4 is 4.90 Å². The molecule has 0 aliphatic carbocycles. The van der Waals surface area contributed by atoms with E-state index in [9.17, 15) is 13.2 Å². The molecule has 0 aromatic heterocycles. The monoisotopic (exact) mass is 293 g/mol. The Kier molecular flexibility index (Phi) is 4.89. The Morgan fingerprint density at radius 2 is 1.67 bits per heavy atom. The third-order valence-corrected chi connectivity index (χ3v) is 3.42. The minimum atomic E-state index is -4.29. The molecule has 2 rings (SSSR count). The van der Waals surface area contributed by atoms with Gasteiger partial charge in [0, 0.05) is 19.3 Å². The van der Waals surface area contributed by atoms with E-state index in [1.807, 2.05) is 30.1 Å². The maximum absolute atomic E-state index is 12.7. The maximum Gasteiger partial charge on any atom is 0.416 e. The SMILES string of the molecule is CN(CCCc1ccccc1)c1cccc(C(F)(F)F)c1. The van der Waals surface area contributed by atoms with Crippen molar-refractivity contribution < 1.29 is 13.2 Å². The lowest BCUT2D eigenvalue weighted by atomic mass is 10.1. The predicted octanol–water partition coefficient (Wildman–Crippen LogP) is 4.77. The van der Waals surface area contributed by atoms with Crippen molar-refractivity contribution >= 4 is 5.69 Å². The number of rotatable bonds is 5. The Labute approximate surface area is 123 Å². The standard InChI is InChI=1S/C17H18F3N/c1-21(12-6-9-14-7-3-2-4-8-14)16-11-5-10-15(13-16)17(18,19)20/h2-5,7-8,10-11,13H,6,9,12H2,1H3. The van der Waals surface area contributed by atoms with Crippen LogP contribution in [0.25, 0.3) is 0 Å². The van der Waals surface area contributed by atoms with Crippen LogP contribution in [0.15, 0.2) is 54.6 Å². The zero-order valence-electron chi connectivity index (χ0n) is 11.9. The molecule has 0 atom stereocenters. The molecule has 2 aromatic carbocycles. The van der Waals surface area contributed by atoms with Gasteiger partial charge < -0.3 is 4.90 Å². The van der Waals surface area contributed by atoms with Crippen molar-refractivity contribution in [3.05, 3.63) is 65.7 Å². The first-order valence-corrected chi connectivity index (χ1v) is 6.89. The van der Waals surface area contributed by atoms with E-state index in [2.05, 4.69) is 12.1 Å². The summed E-state index contributed by atoms with van der Waals surface area (Å²) in [7, 11) is 1.82. The van der Waals surface area contributed by atoms with E-state index in [0.29, 0.717) is 5.69 Å². The van der Waals surface area contributed by atoms with E-state index in [1.165, 1.54) is 17.7 Å². The average molecular weight is 293 g/mol. The van der Waals surface area contributed by atoms with Gasteiger partial charge in [-0.2, -0.15) is 13.2 Å². The molecule has 1 nitrogen and oxygen atoms in total. The first-order valence-electron chi connectivity index (χ1n) is 6.89. The molecule has 0 bridgehead atoms. The zero-order chi connectivity index (χ0) is 15.3. The van der Waals surface area contributed by atoms with Crippen LogP contribution in [-0.4, -0.2) is 13.6 Å². The molecule has 0 heterocycles. The van der Waals surface area contributed by atoms with Crippen LogP contribution in [0.3, 0.4) is 0 Å². The highest BCUT2D eigenvalue weighted by Crippen LogP contribution is 2.31. The summed E-state index contributed by atoms with van der Waals surface area (Å²) in [6.45, 7) is 0.718. The van der Waals surface area contributed by atoms with E-state index in [4.69, 9.17) is 0 Å². The van der Waals surface area contributed by atoms with Crippen molar-refractivity contribution in [2.24, 2.45) is 0 Å². The lowest BCUT2D eigenvalue weighted by Crippen LogP contribution is -2.19. The summed E-state index contributed by atoms with van der Waals surface area (Å²) in [5.74, 6) is 0. The molecule has 112 valence electrons. The van der Waals surface area contributed by atoms with Crippen LogP contribution in [0, 0.1) is 0 Å². The highest BCUT2D eigenvalue weighted by atomic mass is 19.4. The number of anilines is 1. The number of nitrogens with zero attached hydrogens (tertiary/aromatic N) is 1. The van der Waals surface area contributed by atoms with Gasteiger partial charge in [0.2, 0.25) is 0 Å². The Morgan fingerprint density at radius 3 is 2.33 bits per heavy atom. The van der Waals surface area contributed by atoms with Gasteiger partial charge in [0.1, 0.15) is 0 Å². The molecule has 4 heteroatoms. The number of benzene rings is 2. The molecule has 0 saturated heterocycles. The van der Waals surface area contributed by atoms with Crippen molar-refractivity contribution in [2.75, 3.05) is 18.5 Å². The fourth-order valence-corrected chi connectivity index (χ4v) is 2.21. The van der Waals surface area contributed by atoms with Gasteiger partial charge in [-0.1, -0.05) is 36.4 Å². The normalized spacial score (nSPS) is 11.4. The second-order valence-corrected chi connectivity index (χ2v) is 5.06. The van der Waals surface area contributed by atoms with Crippen LogP contribution >= 0.6 is 0 Å². The highest BCUT2D eigenvalue weighted by molar-refractivity contribution is 5.48. The van der Waals surface area contributed by atoms with E-state index < -0.39 is 11.7 Å². The third-order valence-electron chi connectivity index (χ3n) is 3.42. The summed E-state index contributed by atoms with van der Waals surface area (Å²) in [6, 6.07) is 15.5. The Bertz CT molecular complexity index is 564. The van der Waals surface area contributed by atoms with Crippen LogP contribution in [0.1, 0.15) is 17.5 Å². The van der Waals surface area contributed by atoms with Crippen molar-refractivity contribution in [3.63, 3.8) is 0 Å². The molecule has 2 aromatic rings. The van der Waals surface area contributed by atoms with Gasteiger partial charge in [0.05, 0.1) is 5.56 Å². The Balaban J connectivity index is 1.93. The maximum atomic E-state index is 12.7. The first-order chi connectivity index (χ1) is 9.97. The van der Waals surface area contributed by atoms with Crippen molar-refractivity contribution in [1.29, 1.82) is 0 Å². The van der Waals surface area contributed by atoms with Gasteiger partial charge >= 0.3 is 6.18 Å². The van der Waals surface area contributed by atoms with Gasteiger partial charge in [0.15, 0.2) is 0 Å². The fraction of sp³-hybridized carbons (Fsp3) is 0.294. The molecule has 21 heavy (non-hydrogen) atoms. The molecule has 0 amide bonds.